The highest BCUT2D eigenvalue weighted by Gasteiger charge is 2.32. The molecule has 2 unspecified atom stereocenters. The fourth-order valence-electron chi connectivity index (χ4n) is 2.26. The third-order valence-corrected chi connectivity index (χ3v) is 4.65. The zero-order valence-corrected chi connectivity index (χ0v) is 12.2. The summed E-state index contributed by atoms with van der Waals surface area (Å²) >= 11 is 1.92. The molecule has 1 amide bonds. The Bertz CT molecular complexity index is 210. The first-order chi connectivity index (χ1) is 7.45. The third-order valence-electron chi connectivity index (χ3n) is 3.67. The van der Waals surface area contributed by atoms with Crippen molar-refractivity contribution in [3.63, 3.8) is 0 Å². The highest BCUT2D eigenvalue weighted by Crippen LogP contribution is 2.40. The van der Waals surface area contributed by atoms with Crippen LogP contribution in [0.3, 0.4) is 0 Å². The molecule has 0 aliphatic carbocycles. The van der Waals surface area contributed by atoms with Gasteiger partial charge >= 0.3 is 0 Å². The summed E-state index contributed by atoms with van der Waals surface area (Å²) in [5.74, 6) is 1.19. The quantitative estimate of drug-likeness (QED) is 0.631. The molecule has 16 heavy (non-hydrogen) atoms. The molecule has 0 aromatic carbocycles. The van der Waals surface area contributed by atoms with Gasteiger partial charge in [0.25, 0.3) is 0 Å². The van der Waals surface area contributed by atoms with Gasteiger partial charge in [0.05, 0.1) is 0 Å². The van der Waals surface area contributed by atoms with Crippen LogP contribution in [0.2, 0.25) is 0 Å². The molecule has 0 radical (unpaired) electrons. The first kappa shape index (κ1) is 15.8. The number of rotatable bonds is 9. The molecule has 3 heteroatoms. The van der Waals surface area contributed by atoms with Crippen molar-refractivity contribution in [3.05, 3.63) is 0 Å². The van der Waals surface area contributed by atoms with E-state index in [4.69, 9.17) is 0 Å². The molecule has 2 atom stereocenters. The summed E-state index contributed by atoms with van der Waals surface area (Å²) in [6.45, 7) is 9.90. The van der Waals surface area contributed by atoms with Gasteiger partial charge in [-0.05, 0) is 42.1 Å². The molecule has 0 aliphatic heterocycles. The van der Waals surface area contributed by atoms with Gasteiger partial charge < -0.3 is 5.32 Å². The van der Waals surface area contributed by atoms with Crippen molar-refractivity contribution in [1.82, 2.24) is 5.32 Å². The maximum atomic E-state index is 10.4. The van der Waals surface area contributed by atoms with E-state index in [1.54, 1.807) is 0 Å². The molecule has 0 fully saturated rings. The first-order valence-corrected chi connectivity index (χ1v) is 7.50. The van der Waals surface area contributed by atoms with Crippen molar-refractivity contribution >= 4 is 18.2 Å². The molecular formula is C13H27NOS. The lowest BCUT2D eigenvalue weighted by atomic mass is 9.71. The fraction of sp³-hybridized carbons (Fsp3) is 0.923. The second-order valence-electron chi connectivity index (χ2n) is 5.44. The Labute approximate surface area is 105 Å². The van der Waals surface area contributed by atoms with Crippen molar-refractivity contribution in [2.24, 2.45) is 10.8 Å². The lowest BCUT2D eigenvalue weighted by Crippen LogP contribution is -2.36. The Morgan fingerprint density at radius 2 is 1.75 bits per heavy atom. The zero-order valence-electron chi connectivity index (χ0n) is 11.4. The standard InChI is InChI=1S/C13H27NOS/c1-6-12(3,9-14-11-15)8-13(4,7-2)10-16-5/h11H,6-10H2,1-5H3,(H,14,15). The minimum Gasteiger partial charge on any atom is -0.358 e. The molecule has 0 aliphatic rings. The molecule has 0 saturated heterocycles. The summed E-state index contributed by atoms with van der Waals surface area (Å²) < 4.78 is 0. The zero-order chi connectivity index (χ0) is 12.7. The van der Waals surface area contributed by atoms with E-state index in [2.05, 4.69) is 39.3 Å². The molecular weight excluding hydrogens is 218 g/mol. The largest absolute Gasteiger partial charge is 0.358 e. The average molecular weight is 245 g/mol. The van der Waals surface area contributed by atoms with Gasteiger partial charge in [0.2, 0.25) is 6.41 Å². The van der Waals surface area contributed by atoms with E-state index in [9.17, 15) is 4.79 Å². The van der Waals surface area contributed by atoms with Crippen molar-refractivity contribution < 1.29 is 4.79 Å². The van der Waals surface area contributed by atoms with E-state index >= 15 is 0 Å². The summed E-state index contributed by atoms with van der Waals surface area (Å²) in [4.78, 5) is 10.4. The predicted octanol–water partition coefficient (Wildman–Crippen LogP) is 3.32. The van der Waals surface area contributed by atoms with Crippen LogP contribution in [0.15, 0.2) is 0 Å². The fourth-order valence-corrected chi connectivity index (χ4v) is 3.26. The van der Waals surface area contributed by atoms with Gasteiger partial charge in [-0.1, -0.05) is 27.7 Å². The van der Waals surface area contributed by atoms with Crippen LogP contribution in [0.4, 0.5) is 0 Å². The molecule has 1 N–H and O–H groups in total. The van der Waals surface area contributed by atoms with Crippen LogP contribution in [-0.4, -0.2) is 25.0 Å². The number of hydrogen-bond acceptors (Lipinski definition) is 2. The highest BCUT2D eigenvalue weighted by molar-refractivity contribution is 7.98. The minimum absolute atomic E-state index is 0.224. The van der Waals surface area contributed by atoms with Crippen molar-refractivity contribution in [2.45, 2.75) is 47.0 Å². The highest BCUT2D eigenvalue weighted by atomic mass is 32.2. The van der Waals surface area contributed by atoms with Crippen LogP contribution in [0.1, 0.15) is 47.0 Å². The van der Waals surface area contributed by atoms with E-state index in [0.717, 1.165) is 19.4 Å². The van der Waals surface area contributed by atoms with Crippen LogP contribution in [-0.2, 0) is 4.79 Å². The van der Waals surface area contributed by atoms with Gasteiger partial charge in [0.15, 0.2) is 0 Å². The second kappa shape index (κ2) is 7.21. The summed E-state index contributed by atoms with van der Waals surface area (Å²) in [6.07, 6.45) is 6.46. The molecule has 0 aromatic heterocycles. The van der Waals surface area contributed by atoms with Gasteiger partial charge in [-0.25, -0.2) is 0 Å². The Balaban J connectivity index is 4.52. The lowest BCUT2D eigenvalue weighted by molar-refractivity contribution is -0.110. The van der Waals surface area contributed by atoms with E-state index in [0.29, 0.717) is 5.41 Å². The lowest BCUT2D eigenvalue weighted by Gasteiger charge is -2.38. The number of thioether (sulfide) groups is 1. The van der Waals surface area contributed by atoms with Crippen LogP contribution in [0, 0.1) is 10.8 Å². The number of carbonyl (C=O) groups is 1. The average Bonchev–Trinajstić information content (AvgIpc) is 2.27. The molecule has 0 bridgehead atoms. The Morgan fingerprint density at radius 3 is 2.12 bits per heavy atom. The first-order valence-electron chi connectivity index (χ1n) is 6.11. The van der Waals surface area contributed by atoms with Gasteiger partial charge in [-0.3, -0.25) is 4.79 Å². The van der Waals surface area contributed by atoms with Crippen LogP contribution in [0.5, 0.6) is 0 Å². The third kappa shape index (κ3) is 5.24. The molecule has 0 saturated carbocycles. The number of carbonyl (C=O) groups excluding carboxylic acids is 1. The van der Waals surface area contributed by atoms with E-state index in [1.807, 2.05) is 11.8 Å². The SMILES string of the molecule is CCC(C)(CNC=O)CC(C)(CC)CSC. The number of hydrogen-bond donors (Lipinski definition) is 1. The van der Waals surface area contributed by atoms with Crippen molar-refractivity contribution in [3.8, 4) is 0 Å². The maximum Gasteiger partial charge on any atom is 0.207 e. The van der Waals surface area contributed by atoms with Gasteiger partial charge in [-0.2, -0.15) is 11.8 Å². The van der Waals surface area contributed by atoms with Gasteiger partial charge in [0.1, 0.15) is 0 Å². The topological polar surface area (TPSA) is 29.1 Å². The Morgan fingerprint density at radius 1 is 1.19 bits per heavy atom. The Hall–Kier alpha value is -0.180. The summed E-state index contributed by atoms with van der Waals surface area (Å²) in [6, 6.07) is 0. The molecule has 0 aromatic rings. The van der Waals surface area contributed by atoms with Crippen LogP contribution >= 0.6 is 11.8 Å². The normalized spacial score (nSPS) is 18.6. The predicted molar refractivity (Wildman–Crippen MR) is 73.9 cm³/mol. The van der Waals surface area contributed by atoms with Crippen molar-refractivity contribution in [2.75, 3.05) is 18.6 Å². The van der Waals surface area contributed by atoms with Crippen molar-refractivity contribution in [1.29, 1.82) is 0 Å². The van der Waals surface area contributed by atoms with Crippen LogP contribution < -0.4 is 5.32 Å². The summed E-state index contributed by atoms with van der Waals surface area (Å²) in [7, 11) is 0. The maximum absolute atomic E-state index is 10.4. The molecule has 0 rings (SSSR count). The van der Waals surface area contributed by atoms with E-state index in [1.165, 1.54) is 18.6 Å². The Kier molecular flexibility index (Phi) is 7.12. The minimum atomic E-state index is 0.224. The van der Waals surface area contributed by atoms with E-state index in [-0.39, 0.29) is 5.41 Å². The smallest absolute Gasteiger partial charge is 0.207 e. The molecule has 2 nitrogen and oxygen atoms in total. The summed E-state index contributed by atoms with van der Waals surface area (Å²) in [5.41, 5.74) is 0.607. The van der Waals surface area contributed by atoms with Crippen LogP contribution in [0.25, 0.3) is 0 Å². The number of nitrogens with one attached hydrogen (secondary N) is 1. The monoisotopic (exact) mass is 245 g/mol. The summed E-state index contributed by atoms with van der Waals surface area (Å²) in [5, 5.41) is 2.84. The molecule has 0 spiro atoms. The van der Waals surface area contributed by atoms with Gasteiger partial charge in [0, 0.05) is 6.54 Å². The molecule has 96 valence electrons. The second-order valence-corrected chi connectivity index (χ2v) is 6.30. The van der Waals surface area contributed by atoms with E-state index < -0.39 is 0 Å². The molecule has 0 heterocycles. The number of amides is 1. The van der Waals surface area contributed by atoms with Gasteiger partial charge in [-0.15, -0.1) is 0 Å².